The maximum Gasteiger partial charge on any atom is 0.356 e. The van der Waals surface area contributed by atoms with Crippen LogP contribution in [0.1, 0.15) is 16.2 Å². The van der Waals surface area contributed by atoms with Gasteiger partial charge in [0, 0.05) is 26.9 Å². The maximum absolute atomic E-state index is 11.0. The molecule has 0 amide bonds. The molecule has 0 bridgehead atoms. The molecule has 1 N–H and O–H groups in total. The van der Waals surface area contributed by atoms with Gasteiger partial charge in [-0.05, 0) is 30.3 Å². The number of benzene rings is 1. The number of hydrogen-bond acceptors (Lipinski definition) is 4. The van der Waals surface area contributed by atoms with Crippen LogP contribution in [0, 0.1) is 0 Å². The second kappa shape index (κ2) is 5.75. The van der Waals surface area contributed by atoms with Gasteiger partial charge in [-0.1, -0.05) is 0 Å². The normalized spacial score (nSPS) is 10.6. The molecule has 2 aromatic rings. The summed E-state index contributed by atoms with van der Waals surface area (Å²) in [7, 11) is 5.48. The number of carboxylic acids is 1. The van der Waals surface area contributed by atoms with E-state index in [1.54, 1.807) is 11.8 Å². The van der Waals surface area contributed by atoms with E-state index >= 15 is 0 Å². The number of aromatic carboxylic acids is 1. The average Bonchev–Trinajstić information content (AvgIpc) is 2.83. The van der Waals surface area contributed by atoms with Gasteiger partial charge in [0.1, 0.15) is 0 Å². The molecule has 0 saturated heterocycles. The van der Waals surface area contributed by atoms with Gasteiger partial charge >= 0.3 is 5.97 Å². The van der Waals surface area contributed by atoms with Crippen molar-refractivity contribution < 1.29 is 14.6 Å². The van der Waals surface area contributed by atoms with E-state index in [4.69, 9.17) is 9.84 Å². The van der Waals surface area contributed by atoms with Gasteiger partial charge in [0.2, 0.25) is 0 Å². The third-order valence-electron chi connectivity index (χ3n) is 2.91. The molecule has 1 aromatic heterocycles. The van der Waals surface area contributed by atoms with Crippen LogP contribution in [0.15, 0.2) is 30.3 Å². The fourth-order valence-corrected chi connectivity index (χ4v) is 1.89. The summed E-state index contributed by atoms with van der Waals surface area (Å²) >= 11 is 0. The van der Waals surface area contributed by atoms with Gasteiger partial charge in [0.25, 0.3) is 0 Å². The molecule has 6 nitrogen and oxygen atoms in total. The number of ether oxygens (including phenoxy) is 1. The molecule has 6 heteroatoms. The number of anilines is 1. The highest BCUT2D eigenvalue weighted by molar-refractivity contribution is 5.85. The molecule has 0 aliphatic rings. The minimum atomic E-state index is -1.05. The summed E-state index contributed by atoms with van der Waals surface area (Å²) in [5.74, 6) is -1.05. The topological polar surface area (TPSA) is 67.6 Å². The zero-order valence-corrected chi connectivity index (χ0v) is 11.7. The summed E-state index contributed by atoms with van der Waals surface area (Å²) in [6.45, 7) is 0.301. The third kappa shape index (κ3) is 2.80. The summed E-state index contributed by atoms with van der Waals surface area (Å²) in [6.07, 6.45) is 0. The Kier molecular flexibility index (Phi) is 4.05. The highest BCUT2D eigenvalue weighted by atomic mass is 16.5. The van der Waals surface area contributed by atoms with E-state index in [1.807, 2.05) is 43.3 Å². The van der Waals surface area contributed by atoms with Crippen LogP contribution in [0.2, 0.25) is 0 Å². The lowest BCUT2D eigenvalue weighted by atomic mass is 10.2. The van der Waals surface area contributed by atoms with Crippen LogP contribution in [-0.2, 0) is 11.3 Å². The Balaban J connectivity index is 2.42. The minimum Gasteiger partial charge on any atom is -0.476 e. The molecule has 0 fully saturated rings. The predicted molar refractivity (Wildman–Crippen MR) is 75.6 cm³/mol. The summed E-state index contributed by atoms with van der Waals surface area (Å²) in [5.41, 5.74) is 2.57. The van der Waals surface area contributed by atoms with Gasteiger partial charge in [-0.2, -0.15) is 5.10 Å². The van der Waals surface area contributed by atoms with Crippen molar-refractivity contribution in [1.29, 1.82) is 0 Å². The lowest BCUT2D eigenvalue weighted by molar-refractivity contribution is 0.0690. The van der Waals surface area contributed by atoms with Crippen molar-refractivity contribution in [3.8, 4) is 5.69 Å². The van der Waals surface area contributed by atoms with Gasteiger partial charge < -0.3 is 14.7 Å². The molecule has 0 atom stereocenters. The van der Waals surface area contributed by atoms with Crippen molar-refractivity contribution >= 4 is 11.7 Å². The van der Waals surface area contributed by atoms with Gasteiger partial charge in [0.15, 0.2) is 5.69 Å². The quantitative estimate of drug-likeness (QED) is 0.901. The molecule has 20 heavy (non-hydrogen) atoms. The molecule has 0 aliphatic carbocycles. The second-order valence-corrected chi connectivity index (χ2v) is 4.58. The predicted octanol–water partition coefficient (Wildman–Crippen LogP) is 1.78. The first kappa shape index (κ1) is 14.1. The standard InChI is InChI=1S/C14H17N3O3/c1-16(2)10-4-6-11(7-5-10)17-12(9-20-3)8-13(15-17)14(18)19/h4-8H,9H2,1-3H3,(H,18,19). The Morgan fingerprint density at radius 2 is 2.00 bits per heavy atom. The Bertz CT molecular complexity index is 603. The summed E-state index contributed by atoms with van der Waals surface area (Å²) in [5, 5.41) is 13.1. The Morgan fingerprint density at radius 1 is 1.35 bits per heavy atom. The third-order valence-corrected chi connectivity index (χ3v) is 2.91. The highest BCUT2D eigenvalue weighted by Crippen LogP contribution is 2.18. The van der Waals surface area contributed by atoms with E-state index in [0.29, 0.717) is 12.3 Å². The van der Waals surface area contributed by atoms with Gasteiger partial charge in [-0.15, -0.1) is 0 Å². The van der Waals surface area contributed by atoms with E-state index in [-0.39, 0.29) is 5.69 Å². The van der Waals surface area contributed by atoms with E-state index in [2.05, 4.69) is 5.10 Å². The fraction of sp³-hybridized carbons (Fsp3) is 0.286. The number of nitrogens with zero attached hydrogens (tertiary/aromatic N) is 3. The molecule has 2 rings (SSSR count). The summed E-state index contributed by atoms with van der Waals surface area (Å²) in [4.78, 5) is 13.0. The minimum absolute atomic E-state index is 0.00809. The summed E-state index contributed by atoms with van der Waals surface area (Å²) in [6, 6.07) is 9.22. The molecule has 0 radical (unpaired) electrons. The number of carboxylic acid groups (broad SMARTS) is 1. The van der Waals surface area contributed by atoms with Crippen LogP contribution in [-0.4, -0.2) is 42.1 Å². The van der Waals surface area contributed by atoms with Crippen LogP contribution in [0.5, 0.6) is 0 Å². The maximum atomic E-state index is 11.0. The number of aromatic nitrogens is 2. The van der Waals surface area contributed by atoms with Crippen LogP contribution < -0.4 is 4.90 Å². The van der Waals surface area contributed by atoms with E-state index in [0.717, 1.165) is 11.4 Å². The summed E-state index contributed by atoms with van der Waals surface area (Å²) < 4.78 is 6.67. The molecule has 0 spiro atoms. The zero-order valence-electron chi connectivity index (χ0n) is 11.7. The van der Waals surface area contributed by atoms with E-state index in [1.165, 1.54) is 6.07 Å². The largest absolute Gasteiger partial charge is 0.476 e. The average molecular weight is 275 g/mol. The molecule has 0 unspecified atom stereocenters. The molecule has 1 aromatic carbocycles. The van der Waals surface area contributed by atoms with Crippen molar-refractivity contribution in [1.82, 2.24) is 9.78 Å². The Hall–Kier alpha value is -2.34. The Morgan fingerprint density at radius 3 is 2.50 bits per heavy atom. The van der Waals surface area contributed by atoms with Crippen molar-refractivity contribution in [2.24, 2.45) is 0 Å². The van der Waals surface area contributed by atoms with E-state index in [9.17, 15) is 4.79 Å². The molecule has 0 saturated carbocycles. The van der Waals surface area contributed by atoms with Crippen molar-refractivity contribution in [3.63, 3.8) is 0 Å². The van der Waals surface area contributed by atoms with Gasteiger partial charge in [0.05, 0.1) is 18.0 Å². The molecule has 106 valence electrons. The number of rotatable bonds is 5. The molecule has 0 aliphatic heterocycles. The molecular weight excluding hydrogens is 258 g/mol. The van der Waals surface area contributed by atoms with Crippen LogP contribution in [0.25, 0.3) is 5.69 Å². The zero-order chi connectivity index (χ0) is 14.7. The molecular formula is C14H17N3O3. The number of carbonyl (C=O) groups is 1. The Labute approximate surface area is 117 Å². The monoisotopic (exact) mass is 275 g/mol. The molecule has 1 heterocycles. The van der Waals surface area contributed by atoms with E-state index < -0.39 is 5.97 Å². The SMILES string of the molecule is COCc1cc(C(=O)O)nn1-c1ccc(N(C)C)cc1. The van der Waals surface area contributed by atoms with Crippen molar-refractivity contribution in [2.75, 3.05) is 26.1 Å². The van der Waals surface area contributed by atoms with Crippen LogP contribution in [0.3, 0.4) is 0 Å². The first-order valence-corrected chi connectivity index (χ1v) is 6.12. The highest BCUT2D eigenvalue weighted by Gasteiger charge is 2.14. The fourth-order valence-electron chi connectivity index (χ4n) is 1.89. The smallest absolute Gasteiger partial charge is 0.356 e. The second-order valence-electron chi connectivity index (χ2n) is 4.58. The first-order chi connectivity index (χ1) is 9.52. The van der Waals surface area contributed by atoms with Crippen molar-refractivity contribution in [3.05, 3.63) is 41.7 Å². The first-order valence-electron chi connectivity index (χ1n) is 6.12. The number of hydrogen-bond donors (Lipinski definition) is 1. The lowest BCUT2D eigenvalue weighted by Gasteiger charge is -2.13. The number of methoxy groups -OCH3 is 1. The van der Waals surface area contributed by atoms with Crippen LogP contribution >= 0.6 is 0 Å². The van der Waals surface area contributed by atoms with Crippen LogP contribution in [0.4, 0.5) is 5.69 Å². The van der Waals surface area contributed by atoms with Gasteiger partial charge in [-0.25, -0.2) is 9.48 Å². The lowest BCUT2D eigenvalue weighted by Crippen LogP contribution is -2.09. The van der Waals surface area contributed by atoms with Crippen molar-refractivity contribution in [2.45, 2.75) is 6.61 Å². The van der Waals surface area contributed by atoms with Gasteiger partial charge in [-0.3, -0.25) is 0 Å².